The average Bonchev–Trinajstić information content (AvgIpc) is 2.29. The van der Waals surface area contributed by atoms with Crippen LogP contribution in [0.2, 0.25) is 0 Å². The van der Waals surface area contributed by atoms with Crippen LogP contribution < -0.4 is 11.1 Å². The Bertz CT molecular complexity index is 406. The second kappa shape index (κ2) is 4.89. The van der Waals surface area contributed by atoms with Crippen LogP contribution in [-0.4, -0.2) is 18.7 Å². The summed E-state index contributed by atoms with van der Waals surface area (Å²) in [5, 5.41) is 2.94. The average molecular weight is 236 g/mol. The van der Waals surface area contributed by atoms with Crippen LogP contribution in [0, 0.1) is 0 Å². The maximum atomic E-state index is 11.3. The van der Waals surface area contributed by atoms with E-state index in [0.29, 0.717) is 0 Å². The molecule has 86 valence electrons. The van der Waals surface area contributed by atoms with Gasteiger partial charge in [-0.25, -0.2) is 0 Å². The van der Waals surface area contributed by atoms with Crippen LogP contribution in [0.1, 0.15) is 23.6 Å². The van der Waals surface area contributed by atoms with E-state index in [2.05, 4.69) is 17.4 Å². The van der Waals surface area contributed by atoms with Crippen LogP contribution >= 0.6 is 11.8 Å². The monoisotopic (exact) mass is 236 g/mol. The van der Waals surface area contributed by atoms with Crippen molar-refractivity contribution in [3.05, 3.63) is 29.3 Å². The van der Waals surface area contributed by atoms with Crippen molar-refractivity contribution in [3.8, 4) is 0 Å². The zero-order valence-corrected chi connectivity index (χ0v) is 10.1. The lowest BCUT2D eigenvalue weighted by Gasteiger charge is -2.19. The summed E-state index contributed by atoms with van der Waals surface area (Å²) in [5.74, 6) is 0.864. The van der Waals surface area contributed by atoms with E-state index < -0.39 is 0 Å². The molecule has 0 fully saturated rings. The largest absolute Gasteiger partial charge is 0.368 e. The van der Waals surface area contributed by atoms with Gasteiger partial charge in [0.15, 0.2) is 0 Å². The highest BCUT2D eigenvalue weighted by Gasteiger charge is 2.18. The number of hydrogen-bond acceptors (Lipinski definition) is 3. The minimum Gasteiger partial charge on any atom is -0.368 e. The van der Waals surface area contributed by atoms with E-state index in [1.165, 1.54) is 22.6 Å². The molecule has 0 aromatic heterocycles. The number of benzene rings is 1. The fraction of sp³-hybridized carbons (Fsp3) is 0.417. The predicted octanol–water partition coefficient (Wildman–Crippen LogP) is 1.47. The molecule has 1 aliphatic rings. The Hall–Kier alpha value is -1.00. The predicted molar refractivity (Wildman–Crippen MR) is 66.5 cm³/mol. The standard InChI is InChI=1S/C12H16N2OS/c1-14-11(12(13)15)9-4-5-10-8(7-9)3-2-6-16-10/h4-5,7,11,14H,2-3,6H2,1H3,(H2,13,15). The second-order valence-corrected chi connectivity index (χ2v) is 5.08. The summed E-state index contributed by atoms with van der Waals surface area (Å²) in [6, 6.07) is 5.82. The highest BCUT2D eigenvalue weighted by atomic mass is 32.2. The van der Waals surface area contributed by atoms with Crippen molar-refractivity contribution >= 4 is 17.7 Å². The summed E-state index contributed by atoms with van der Waals surface area (Å²) in [6.07, 6.45) is 2.31. The maximum absolute atomic E-state index is 11.3. The number of nitrogens with one attached hydrogen (secondary N) is 1. The van der Waals surface area contributed by atoms with Crippen molar-refractivity contribution in [1.29, 1.82) is 0 Å². The Morgan fingerprint density at radius 3 is 3.06 bits per heavy atom. The molecule has 1 heterocycles. The molecule has 0 radical (unpaired) electrons. The van der Waals surface area contributed by atoms with Gasteiger partial charge in [0.25, 0.3) is 0 Å². The third-order valence-corrected chi connectivity index (χ3v) is 4.04. The Kier molecular flexibility index (Phi) is 3.51. The smallest absolute Gasteiger partial charge is 0.239 e. The number of carbonyl (C=O) groups is 1. The molecule has 1 aromatic carbocycles. The molecule has 0 saturated heterocycles. The molecule has 3 N–H and O–H groups in total. The molecular formula is C12H16N2OS. The minimum atomic E-state index is -0.378. The minimum absolute atomic E-state index is 0.328. The van der Waals surface area contributed by atoms with Gasteiger partial charge in [-0.15, -0.1) is 11.8 Å². The molecule has 1 unspecified atom stereocenters. The van der Waals surface area contributed by atoms with Gasteiger partial charge in [0.05, 0.1) is 0 Å². The van der Waals surface area contributed by atoms with Crippen molar-refractivity contribution in [1.82, 2.24) is 5.32 Å². The molecule has 0 bridgehead atoms. The molecule has 1 aromatic rings. The molecule has 0 spiro atoms. The number of rotatable bonds is 3. The number of carbonyl (C=O) groups excluding carboxylic acids is 1. The van der Waals surface area contributed by atoms with Crippen LogP contribution in [0.25, 0.3) is 0 Å². The molecule has 1 amide bonds. The van der Waals surface area contributed by atoms with E-state index in [1.54, 1.807) is 7.05 Å². The Labute approximate surface area is 99.8 Å². The van der Waals surface area contributed by atoms with Gasteiger partial charge in [0, 0.05) is 4.90 Å². The van der Waals surface area contributed by atoms with Crippen LogP contribution in [0.3, 0.4) is 0 Å². The molecule has 2 rings (SSSR count). The van der Waals surface area contributed by atoms with Crippen LogP contribution in [0.15, 0.2) is 23.1 Å². The lowest BCUT2D eigenvalue weighted by Crippen LogP contribution is -2.31. The number of primary amides is 1. The molecule has 4 heteroatoms. The van der Waals surface area contributed by atoms with E-state index in [9.17, 15) is 4.79 Å². The summed E-state index contributed by atoms with van der Waals surface area (Å²) in [7, 11) is 1.75. The number of aryl methyl sites for hydroxylation is 1. The van der Waals surface area contributed by atoms with Gasteiger partial charge in [-0.2, -0.15) is 0 Å². The maximum Gasteiger partial charge on any atom is 0.239 e. The molecule has 1 atom stereocenters. The van der Waals surface area contributed by atoms with Crippen molar-refractivity contribution in [2.45, 2.75) is 23.8 Å². The third-order valence-electron chi connectivity index (χ3n) is 2.84. The quantitative estimate of drug-likeness (QED) is 0.835. The number of likely N-dealkylation sites (N-methyl/N-ethyl adjacent to an activating group) is 1. The van der Waals surface area contributed by atoms with E-state index in [4.69, 9.17) is 5.73 Å². The topological polar surface area (TPSA) is 55.1 Å². The van der Waals surface area contributed by atoms with Gasteiger partial charge in [0.1, 0.15) is 6.04 Å². The highest BCUT2D eigenvalue weighted by molar-refractivity contribution is 7.99. The zero-order chi connectivity index (χ0) is 11.5. The Balaban J connectivity index is 2.32. The summed E-state index contributed by atoms with van der Waals surface area (Å²) in [6.45, 7) is 0. The Morgan fingerprint density at radius 2 is 2.38 bits per heavy atom. The SMILES string of the molecule is CNC(C(N)=O)c1ccc2c(c1)CCCS2. The molecule has 1 aliphatic heterocycles. The highest BCUT2D eigenvalue weighted by Crippen LogP contribution is 2.31. The number of nitrogens with two attached hydrogens (primary N) is 1. The summed E-state index contributed by atoms with van der Waals surface area (Å²) >= 11 is 1.89. The van der Waals surface area contributed by atoms with Gasteiger partial charge >= 0.3 is 0 Å². The first-order valence-corrected chi connectivity index (χ1v) is 6.43. The van der Waals surface area contributed by atoms with Crippen LogP contribution in [0.4, 0.5) is 0 Å². The van der Waals surface area contributed by atoms with Gasteiger partial charge in [-0.05, 0) is 42.8 Å². The molecule has 0 saturated carbocycles. The number of fused-ring (bicyclic) bond motifs is 1. The fourth-order valence-corrected chi connectivity index (χ4v) is 3.05. The van der Waals surface area contributed by atoms with Gasteiger partial charge in [-0.3, -0.25) is 4.79 Å². The van der Waals surface area contributed by atoms with Crippen molar-refractivity contribution in [2.24, 2.45) is 5.73 Å². The van der Waals surface area contributed by atoms with Crippen molar-refractivity contribution in [3.63, 3.8) is 0 Å². The van der Waals surface area contributed by atoms with E-state index in [0.717, 1.165) is 12.0 Å². The first-order chi connectivity index (χ1) is 7.72. The lowest BCUT2D eigenvalue weighted by atomic mass is 10.0. The van der Waals surface area contributed by atoms with E-state index in [-0.39, 0.29) is 11.9 Å². The molecule has 3 nitrogen and oxygen atoms in total. The lowest BCUT2D eigenvalue weighted by molar-refractivity contribution is -0.120. The summed E-state index contributed by atoms with van der Waals surface area (Å²) in [5.41, 5.74) is 7.66. The van der Waals surface area contributed by atoms with Crippen molar-refractivity contribution in [2.75, 3.05) is 12.8 Å². The second-order valence-electron chi connectivity index (χ2n) is 3.94. The summed E-state index contributed by atoms with van der Waals surface area (Å²) in [4.78, 5) is 12.6. The number of thioether (sulfide) groups is 1. The third kappa shape index (κ3) is 2.23. The Morgan fingerprint density at radius 1 is 1.56 bits per heavy atom. The number of hydrogen-bond donors (Lipinski definition) is 2. The van der Waals surface area contributed by atoms with Gasteiger partial charge in [-0.1, -0.05) is 12.1 Å². The van der Waals surface area contributed by atoms with Crippen LogP contribution in [0.5, 0.6) is 0 Å². The first kappa shape index (κ1) is 11.5. The van der Waals surface area contributed by atoms with E-state index >= 15 is 0 Å². The molecule has 0 aliphatic carbocycles. The fourth-order valence-electron chi connectivity index (χ4n) is 2.03. The normalized spacial score (nSPS) is 16.6. The molecule has 16 heavy (non-hydrogen) atoms. The van der Waals surface area contributed by atoms with Gasteiger partial charge < -0.3 is 11.1 Å². The molecular weight excluding hydrogens is 220 g/mol. The van der Waals surface area contributed by atoms with Crippen molar-refractivity contribution < 1.29 is 4.79 Å². The first-order valence-electron chi connectivity index (χ1n) is 5.44. The summed E-state index contributed by atoms with van der Waals surface area (Å²) < 4.78 is 0. The van der Waals surface area contributed by atoms with Gasteiger partial charge in [0.2, 0.25) is 5.91 Å². The number of amides is 1. The van der Waals surface area contributed by atoms with E-state index in [1.807, 2.05) is 17.8 Å². The van der Waals surface area contributed by atoms with Crippen LogP contribution in [-0.2, 0) is 11.2 Å². The zero-order valence-electron chi connectivity index (χ0n) is 9.32.